The van der Waals surface area contributed by atoms with Gasteiger partial charge in [-0.3, -0.25) is 0 Å². The topological polar surface area (TPSA) is 46.6 Å². The summed E-state index contributed by atoms with van der Waals surface area (Å²) in [6.07, 6.45) is 2.92. The molecule has 0 aliphatic heterocycles. The second kappa shape index (κ2) is 9.69. The molecule has 1 aromatic rings. The molecule has 114 valence electrons. The Hall–Kier alpha value is -1.17. The monoisotopic (exact) mass is 281 g/mol. The summed E-state index contributed by atoms with van der Waals surface area (Å²) in [5.41, 5.74) is 1.19. The molecule has 1 atom stereocenters. The number of anilines is 1. The summed E-state index contributed by atoms with van der Waals surface area (Å²) >= 11 is 0. The molecule has 0 fully saturated rings. The van der Waals surface area contributed by atoms with Crippen molar-refractivity contribution in [3.63, 3.8) is 0 Å². The molecule has 1 unspecified atom stereocenters. The minimum atomic E-state index is 0.317. The summed E-state index contributed by atoms with van der Waals surface area (Å²) in [7, 11) is 5.40. The number of methoxy groups -OCH3 is 2. The highest BCUT2D eigenvalue weighted by Gasteiger charge is 2.09. The van der Waals surface area contributed by atoms with Crippen LogP contribution in [0.15, 0.2) is 18.3 Å². The van der Waals surface area contributed by atoms with E-state index in [1.165, 1.54) is 5.56 Å². The van der Waals surface area contributed by atoms with Crippen LogP contribution in [-0.2, 0) is 9.47 Å². The zero-order chi connectivity index (χ0) is 14.8. The van der Waals surface area contributed by atoms with Gasteiger partial charge in [0.1, 0.15) is 5.82 Å². The van der Waals surface area contributed by atoms with Gasteiger partial charge in [0.2, 0.25) is 0 Å². The lowest BCUT2D eigenvalue weighted by Crippen LogP contribution is -2.29. The average Bonchev–Trinajstić information content (AvgIpc) is 2.50. The number of pyridine rings is 1. The Morgan fingerprint density at radius 2 is 1.95 bits per heavy atom. The highest BCUT2D eigenvalue weighted by Crippen LogP contribution is 2.16. The summed E-state index contributed by atoms with van der Waals surface area (Å²) in [6, 6.07) is 4.52. The predicted molar refractivity (Wildman–Crippen MR) is 82.3 cm³/mol. The average molecular weight is 281 g/mol. The van der Waals surface area contributed by atoms with Crippen LogP contribution >= 0.6 is 0 Å². The fourth-order valence-corrected chi connectivity index (χ4v) is 1.95. The molecular weight excluding hydrogens is 254 g/mol. The number of nitrogens with one attached hydrogen (secondary N) is 1. The number of nitrogens with zero attached hydrogens (tertiary/aromatic N) is 2. The first-order valence-electron chi connectivity index (χ1n) is 7.09. The van der Waals surface area contributed by atoms with Crippen molar-refractivity contribution in [3.05, 3.63) is 23.9 Å². The van der Waals surface area contributed by atoms with E-state index in [0.717, 1.165) is 31.9 Å². The number of ether oxygens (including phenoxy) is 2. The zero-order valence-corrected chi connectivity index (χ0v) is 13.1. The number of aromatic nitrogens is 1. The summed E-state index contributed by atoms with van der Waals surface area (Å²) in [6.45, 7) is 5.35. The Balaban J connectivity index is 2.68. The Morgan fingerprint density at radius 3 is 2.50 bits per heavy atom. The van der Waals surface area contributed by atoms with Crippen molar-refractivity contribution >= 4 is 5.82 Å². The molecule has 0 aromatic carbocycles. The maximum absolute atomic E-state index is 5.17. The molecule has 0 saturated carbocycles. The van der Waals surface area contributed by atoms with Crippen molar-refractivity contribution in [1.29, 1.82) is 0 Å². The molecule has 5 nitrogen and oxygen atoms in total. The van der Waals surface area contributed by atoms with Gasteiger partial charge in [-0.25, -0.2) is 4.98 Å². The normalized spacial score (nSPS) is 12.4. The van der Waals surface area contributed by atoms with E-state index in [0.29, 0.717) is 12.6 Å². The van der Waals surface area contributed by atoms with Crippen LogP contribution < -0.4 is 10.2 Å². The van der Waals surface area contributed by atoms with Crippen LogP contribution in [-0.4, -0.2) is 52.6 Å². The maximum Gasteiger partial charge on any atom is 0.128 e. The first-order valence-corrected chi connectivity index (χ1v) is 7.09. The molecule has 0 bridgehead atoms. The maximum atomic E-state index is 5.17. The Bertz CT molecular complexity index is 357. The molecule has 0 spiro atoms. The zero-order valence-electron chi connectivity index (χ0n) is 13.1. The molecule has 0 aliphatic rings. The third-order valence-electron chi connectivity index (χ3n) is 3.37. The van der Waals surface area contributed by atoms with Crippen molar-refractivity contribution in [2.45, 2.75) is 19.4 Å². The minimum Gasteiger partial charge on any atom is -0.385 e. The van der Waals surface area contributed by atoms with Crippen molar-refractivity contribution in [2.75, 3.05) is 52.5 Å². The molecule has 1 rings (SSSR count). The molecule has 1 aromatic heterocycles. The highest BCUT2D eigenvalue weighted by atomic mass is 16.5. The Kier molecular flexibility index (Phi) is 8.18. The van der Waals surface area contributed by atoms with Gasteiger partial charge < -0.3 is 19.7 Å². The SMILES string of the molecule is CNC(C)c1ccc(N(CCCOC)CCOC)nc1. The van der Waals surface area contributed by atoms with Gasteiger partial charge in [-0.1, -0.05) is 6.07 Å². The second-order valence-corrected chi connectivity index (χ2v) is 4.79. The van der Waals surface area contributed by atoms with Crippen LogP contribution in [0.25, 0.3) is 0 Å². The van der Waals surface area contributed by atoms with Gasteiger partial charge in [-0.15, -0.1) is 0 Å². The van der Waals surface area contributed by atoms with Crippen molar-refractivity contribution in [2.24, 2.45) is 0 Å². The Morgan fingerprint density at radius 1 is 1.20 bits per heavy atom. The molecule has 0 saturated heterocycles. The van der Waals surface area contributed by atoms with Crippen LogP contribution in [0.2, 0.25) is 0 Å². The van der Waals surface area contributed by atoms with E-state index < -0.39 is 0 Å². The quantitative estimate of drug-likeness (QED) is 0.663. The predicted octanol–water partition coefficient (Wildman–Crippen LogP) is 1.85. The van der Waals surface area contributed by atoms with E-state index in [4.69, 9.17) is 9.47 Å². The van der Waals surface area contributed by atoms with Gasteiger partial charge in [0, 0.05) is 46.2 Å². The molecule has 20 heavy (non-hydrogen) atoms. The minimum absolute atomic E-state index is 0.317. The summed E-state index contributed by atoms with van der Waals surface area (Å²) < 4.78 is 10.3. The van der Waals surface area contributed by atoms with Crippen LogP contribution in [0.5, 0.6) is 0 Å². The summed E-state index contributed by atoms with van der Waals surface area (Å²) in [5.74, 6) is 0.991. The third kappa shape index (κ3) is 5.45. The lowest BCUT2D eigenvalue weighted by atomic mass is 10.1. The number of hydrogen-bond acceptors (Lipinski definition) is 5. The molecule has 0 radical (unpaired) electrons. The van der Waals surface area contributed by atoms with Crippen LogP contribution in [0.3, 0.4) is 0 Å². The van der Waals surface area contributed by atoms with Gasteiger partial charge in [-0.05, 0) is 32.0 Å². The molecular formula is C15H27N3O2. The lowest BCUT2D eigenvalue weighted by Gasteiger charge is -2.24. The van der Waals surface area contributed by atoms with E-state index in [9.17, 15) is 0 Å². The first-order chi connectivity index (χ1) is 9.72. The molecule has 5 heteroatoms. The van der Waals surface area contributed by atoms with Gasteiger partial charge in [0.15, 0.2) is 0 Å². The van der Waals surface area contributed by atoms with E-state index in [1.807, 2.05) is 13.2 Å². The smallest absolute Gasteiger partial charge is 0.128 e. The first kappa shape index (κ1) is 16.9. The summed E-state index contributed by atoms with van der Waals surface area (Å²) in [5, 5.41) is 3.22. The second-order valence-electron chi connectivity index (χ2n) is 4.79. The van der Waals surface area contributed by atoms with E-state index in [2.05, 4.69) is 34.3 Å². The van der Waals surface area contributed by atoms with Crippen molar-refractivity contribution in [1.82, 2.24) is 10.3 Å². The van der Waals surface area contributed by atoms with Gasteiger partial charge in [0.05, 0.1) is 6.61 Å². The van der Waals surface area contributed by atoms with E-state index in [1.54, 1.807) is 14.2 Å². The highest BCUT2D eigenvalue weighted by molar-refractivity contribution is 5.39. The van der Waals surface area contributed by atoms with Crippen LogP contribution in [0.4, 0.5) is 5.82 Å². The molecule has 0 amide bonds. The van der Waals surface area contributed by atoms with Crippen LogP contribution in [0.1, 0.15) is 24.9 Å². The lowest BCUT2D eigenvalue weighted by molar-refractivity contribution is 0.191. The fourth-order valence-electron chi connectivity index (χ4n) is 1.95. The van der Waals surface area contributed by atoms with Gasteiger partial charge in [0.25, 0.3) is 0 Å². The van der Waals surface area contributed by atoms with Crippen molar-refractivity contribution in [3.8, 4) is 0 Å². The van der Waals surface area contributed by atoms with Crippen molar-refractivity contribution < 1.29 is 9.47 Å². The van der Waals surface area contributed by atoms with Gasteiger partial charge in [-0.2, -0.15) is 0 Å². The Labute approximate surface area is 122 Å². The van der Waals surface area contributed by atoms with Gasteiger partial charge >= 0.3 is 0 Å². The van der Waals surface area contributed by atoms with Crippen LogP contribution in [0, 0.1) is 0 Å². The summed E-state index contributed by atoms with van der Waals surface area (Å²) in [4.78, 5) is 6.80. The standard InChI is InChI=1S/C15H27N3O2/c1-13(16-2)14-6-7-15(17-12-14)18(9-11-20-4)8-5-10-19-3/h6-7,12-13,16H,5,8-11H2,1-4H3. The molecule has 1 heterocycles. The third-order valence-corrected chi connectivity index (χ3v) is 3.37. The van der Waals surface area contributed by atoms with E-state index >= 15 is 0 Å². The van der Waals surface area contributed by atoms with E-state index in [-0.39, 0.29) is 0 Å². The molecule has 1 N–H and O–H groups in total. The largest absolute Gasteiger partial charge is 0.385 e. The number of hydrogen-bond donors (Lipinski definition) is 1. The fraction of sp³-hybridized carbons (Fsp3) is 0.667. The molecule has 0 aliphatic carbocycles. The number of rotatable bonds is 10.